The minimum absolute atomic E-state index is 0.182. The normalized spacial score (nSPS) is 12.0. The number of anilines is 1. The molecule has 0 aromatic heterocycles. The maximum atomic E-state index is 13.6. The summed E-state index contributed by atoms with van der Waals surface area (Å²) >= 11 is 5.24. The average molecular weight is 317 g/mol. The van der Waals surface area contributed by atoms with Crippen LogP contribution >= 0.6 is 12.2 Å². The molecule has 0 bridgehead atoms. The monoisotopic (exact) mass is 317 g/mol. The molecule has 0 aliphatic carbocycles. The van der Waals surface area contributed by atoms with Crippen molar-refractivity contribution in [1.29, 1.82) is 0 Å². The highest BCUT2D eigenvalue weighted by Crippen LogP contribution is 2.17. The quantitative estimate of drug-likeness (QED) is 0.827. The standard InChI is InChI=1S/C17H20FN3S/c1-21(2)16(13-8-4-3-5-9-13)12-19-17(22)20-15-11-7-6-10-14(15)18/h3-11,16H,12H2,1-2H3,(H2,19,20,22). The Morgan fingerprint density at radius 3 is 2.36 bits per heavy atom. The van der Waals surface area contributed by atoms with Crippen LogP contribution in [0.2, 0.25) is 0 Å². The van der Waals surface area contributed by atoms with Crippen LogP contribution in [0.1, 0.15) is 11.6 Å². The first kappa shape index (κ1) is 16.4. The molecule has 0 aliphatic heterocycles. The topological polar surface area (TPSA) is 27.3 Å². The van der Waals surface area contributed by atoms with E-state index in [9.17, 15) is 4.39 Å². The van der Waals surface area contributed by atoms with Crippen LogP contribution < -0.4 is 10.6 Å². The summed E-state index contributed by atoms with van der Waals surface area (Å²) in [5, 5.41) is 6.44. The van der Waals surface area contributed by atoms with Crippen molar-refractivity contribution in [3.05, 3.63) is 66.0 Å². The number of rotatable bonds is 5. The molecule has 5 heteroatoms. The molecule has 3 nitrogen and oxygen atoms in total. The predicted molar refractivity (Wildman–Crippen MR) is 93.5 cm³/mol. The van der Waals surface area contributed by atoms with Gasteiger partial charge >= 0.3 is 0 Å². The molecule has 1 unspecified atom stereocenters. The first-order valence-corrected chi connectivity index (χ1v) is 7.49. The highest BCUT2D eigenvalue weighted by Gasteiger charge is 2.14. The van der Waals surface area contributed by atoms with Crippen molar-refractivity contribution in [2.75, 3.05) is 26.0 Å². The van der Waals surface area contributed by atoms with Crippen LogP contribution in [0.5, 0.6) is 0 Å². The summed E-state index contributed by atoms with van der Waals surface area (Å²) in [7, 11) is 4.04. The molecule has 0 amide bonds. The lowest BCUT2D eigenvalue weighted by atomic mass is 10.1. The molecule has 0 fully saturated rings. The third-order valence-electron chi connectivity index (χ3n) is 3.39. The van der Waals surface area contributed by atoms with Gasteiger partial charge in [0.15, 0.2) is 5.11 Å². The fraction of sp³-hybridized carbons (Fsp3) is 0.235. The van der Waals surface area contributed by atoms with Gasteiger partial charge in [0.2, 0.25) is 0 Å². The van der Waals surface area contributed by atoms with Crippen LogP contribution in [0.3, 0.4) is 0 Å². The number of nitrogens with one attached hydrogen (secondary N) is 2. The molecule has 2 aromatic carbocycles. The third kappa shape index (κ3) is 4.51. The molecule has 0 spiro atoms. The number of nitrogens with zero attached hydrogens (tertiary/aromatic N) is 1. The van der Waals surface area contributed by atoms with E-state index in [-0.39, 0.29) is 11.9 Å². The van der Waals surface area contributed by atoms with Crippen molar-refractivity contribution < 1.29 is 4.39 Å². The Balaban J connectivity index is 1.95. The summed E-state index contributed by atoms with van der Waals surface area (Å²) in [6.45, 7) is 0.636. The molecule has 0 radical (unpaired) electrons. The summed E-state index contributed by atoms with van der Waals surface area (Å²) in [4.78, 5) is 2.12. The molecule has 2 N–H and O–H groups in total. The Morgan fingerprint density at radius 1 is 1.09 bits per heavy atom. The Labute approximate surface area is 136 Å². The van der Waals surface area contributed by atoms with Gasteiger partial charge in [0.05, 0.1) is 11.7 Å². The fourth-order valence-electron chi connectivity index (χ4n) is 2.19. The second kappa shape index (κ2) is 7.87. The molecule has 0 heterocycles. The van der Waals surface area contributed by atoms with Gasteiger partial charge in [-0.05, 0) is 44.0 Å². The van der Waals surface area contributed by atoms with Gasteiger partial charge in [-0.1, -0.05) is 42.5 Å². The second-order valence-electron chi connectivity index (χ2n) is 5.20. The number of thiocarbonyl (C=S) groups is 1. The van der Waals surface area contributed by atoms with Gasteiger partial charge < -0.3 is 15.5 Å². The third-order valence-corrected chi connectivity index (χ3v) is 3.63. The van der Waals surface area contributed by atoms with Gasteiger partial charge in [0.25, 0.3) is 0 Å². The number of hydrogen-bond acceptors (Lipinski definition) is 2. The summed E-state index contributed by atoms with van der Waals surface area (Å²) in [6.07, 6.45) is 0. The molecule has 0 aliphatic rings. The smallest absolute Gasteiger partial charge is 0.170 e. The van der Waals surface area contributed by atoms with E-state index in [1.54, 1.807) is 18.2 Å². The molecular formula is C17H20FN3S. The summed E-state index contributed by atoms with van der Waals surface area (Å²) < 4.78 is 13.6. The van der Waals surface area contributed by atoms with E-state index < -0.39 is 0 Å². The van der Waals surface area contributed by atoms with Crippen molar-refractivity contribution >= 4 is 23.0 Å². The SMILES string of the molecule is CN(C)C(CNC(=S)Nc1ccccc1F)c1ccccc1. The van der Waals surface area contributed by atoms with E-state index in [0.29, 0.717) is 17.3 Å². The lowest BCUT2D eigenvalue weighted by molar-refractivity contribution is 0.299. The van der Waals surface area contributed by atoms with Crippen molar-refractivity contribution in [3.8, 4) is 0 Å². The minimum atomic E-state index is -0.320. The molecule has 0 saturated heterocycles. The van der Waals surface area contributed by atoms with Crippen molar-refractivity contribution in [1.82, 2.24) is 10.2 Å². The average Bonchev–Trinajstić information content (AvgIpc) is 2.50. The van der Waals surface area contributed by atoms with Crippen LogP contribution in [0.25, 0.3) is 0 Å². The van der Waals surface area contributed by atoms with Crippen LogP contribution in [-0.4, -0.2) is 30.7 Å². The Hall–Kier alpha value is -1.98. The number of likely N-dealkylation sites (N-methyl/N-ethyl adjacent to an activating group) is 1. The van der Waals surface area contributed by atoms with Crippen molar-refractivity contribution in [2.45, 2.75) is 6.04 Å². The van der Waals surface area contributed by atoms with Gasteiger partial charge in [0.1, 0.15) is 5.82 Å². The predicted octanol–water partition coefficient (Wildman–Crippen LogP) is 3.42. The van der Waals surface area contributed by atoms with E-state index in [0.717, 1.165) is 0 Å². The first-order valence-electron chi connectivity index (χ1n) is 7.08. The van der Waals surface area contributed by atoms with Crippen molar-refractivity contribution in [3.63, 3.8) is 0 Å². The maximum Gasteiger partial charge on any atom is 0.170 e. The van der Waals surface area contributed by atoms with Crippen LogP contribution in [0.4, 0.5) is 10.1 Å². The lowest BCUT2D eigenvalue weighted by Gasteiger charge is -2.25. The van der Waals surface area contributed by atoms with E-state index in [4.69, 9.17) is 12.2 Å². The number of para-hydroxylation sites is 1. The van der Waals surface area contributed by atoms with E-state index in [2.05, 4.69) is 27.7 Å². The van der Waals surface area contributed by atoms with Gasteiger partial charge in [-0.25, -0.2) is 4.39 Å². The molecular weight excluding hydrogens is 297 g/mol. The van der Waals surface area contributed by atoms with Crippen LogP contribution in [0, 0.1) is 5.82 Å². The Morgan fingerprint density at radius 2 is 1.73 bits per heavy atom. The van der Waals surface area contributed by atoms with Gasteiger partial charge in [-0.15, -0.1) is 0 Å². The highest BCUT2D eigenvalue weighted by molar-refractivity contribution is 7.80. The van der Waals surface area contributed by atoms with E-state index in [1.807, 2.05) is 32.3 Å². The van der Waals surface area contributed by atoms with Crippen molar-refractivity contribution in [2.24, 2.45) is 0 Å². The minimum Gasteiger partial charge on any atom is -0.361 e. The summed E-state index contributed by atoms with van der Waals surface area (Å²) in [6, 6.07) is 16.8. The van der Waals surface area contributed by atoms with Gasteiger partial charge in [0, 0.05) is 6.54 Å². The second-order valence-corrected chi connectivity index (χ2v) is 5.61. The zero-order valence-electron chi connectivity index (χ0n) is 12.7. The zero-order valence-corrected chi connectivity index (χ0v) is 13.5. The molecule has 116 valence electrons. The van der Waals surface area contributed by atoms with Crippen LogP contribution in [0.15, 0.2) is 54.6 Å². The molecule has 2 rings (SSSR count). The fourth-order valence-corrected chi connectivity index (χ4v) is 2.39. The Bertz CT molecular complexity index is 616. The first-order chi connectivity index (χ1) is 10.6. The molecule has 22 heavy (non-hydrogen) atoms. The Kier molecular flexibility index (Phi) is 5.86. The zero-order chi connectivity index (χ0) is 15.9. The number of hydrogen-bond donors (Lipinski definition) is 2. The molecule has 1 atom stereocenters. The maximum absolute atomic E-state index is 13.6. The highest BCUT2D eigenvalue weighted by atomic mass is 32.1. The molecule has 2 aromatic rings. The van der Waals surface area contributed by atoms with E-state index >= 15 is 0 Å². The van der Waals surface area contributed by atoms with Gasteiger partial charge in [-0.3, -0.25) is 0 Å². The summed E-state index contributed by atoms with van der Waals surface area (Å²) in [5.41, 5.74) is 1.58. The molecule has 0 saturated carbocycles. The van der Waals surface area contributed by atoms with Crippen LogP contribution in [-0.2, 0) is 0 Å². The largest absolute Gasteiger partial charge is 0.361 e. The summed E-state index contributed by atoms with van der Waals surface area (Å²) in [5.74, 6) is -0.320. The van der Waals surface area contributed by atoms with Gasteiger partial charge in [-0.2, -0.15) is 0 Å². The lowest BCUT2D eigenvalue weighted by Crippen LogP contribution is -2.36. The van der Waals surface area contributed by atoms with E-state index in [1.165, 1.54) is 11.6 Å². The number of benzene rings is 2. The number of halogens is 1.